The lowest BCUT2D eigenvalue weighted by Gasteiger charge is -2.43. The molecular weight excluding hydrogens is 378 g/mol. The smallest absolute Gasteiger partial charge is 0.410 e. The van der Waals surface area contributed by atoms with Gasteiger partial charge in [0.1, 0.15) is 5.60 Å². The molecule has 0 aliphatic heterocycles. The van der Waals surface area contributed by atoms with Crippen LogP contribution in [-0.4, -0.2) is 38.0 Å². The van der Waals surface area contributed by atoms with Crippen LogP contribution in [0.5, 0.6) is 0 Å². The number of amides is 1. The van der Waals surface area contributed by atoms with Gasteiger partial charge in [0.05, 0.1) is 12.1 Å². The first-order chi connectivity index (χ1) is 13.1. The second-order valence-electron chi connectivity index (χ2n) is 10.7. The number of aryl methyl sites for hydroxylation is 1. The molecule has 4 nitrogen and oxygen atoms in total. The standard InChI is InChI=1S/C24H43NO3Si/c1-12-14-20(25(9)22(26)27-23(3,4)5)21(19-16-13-15-18(2)17-19)28-29(10,11)24(6,7)8/h13,15-17,20-21H,12,14H2,1-11H3/t20-,21?/m1/s1. The Labute approximate surface area is 180 Å². The molecule has 0 N–H and O–H groups in total. The van der Waals surface area contributed by atoms with Crippen LogP contribution in [-0.2, 0) is 9.16 Å². The van der Waals surface area contributed by atoms with E-state index < -0.39 is 13.9 Å². The maximum atomic E-state index is 12.9. The number of rotatable bonds is 7. The number of likely N-dealkylation sites (N-methyl/N-ethyl adjacent to an activating group) is 1. The molecule has 0 spiro atoms. The van der Waals surface area contributed by atoms with E-state index in [0.29, 0.717) is 0 Å². The molecule has 1 unspecified atom stereocenters. The van der Waals surface area contributed by atoms with Gasteiger partial charge in [-0.1, -0.05) is 63.9 Å². The van der Waals surface area contributed by atoms with Gasteiger partial charge < -0.3 is 14.1 Å². The van der Waals surface area contributed by atoms with Crippen LogP contribution in [0.25, 0.3) is 0 Å². The Morgan fingerprint density at radius 2 is 1.72 bits per heavy atom. The summed E-state index contributed by atoms with van der Waals surface area (Å²) in [6, 6.07) is 8.38. The van der Waals surface area contributed by atoms with E-state index in [4.69, 9.17) is 9.16 Å². The summed E-state index contributed by atoms with van der Waals surface area (Å²) in [7, 11) is -0.227. The SMILES string of the molecule is CCC[C@H](C(O[Si](C)(C)C(C)(C)C)c1cccc(C)c1)N(C)C(=O)OC(C)(C)C. The average molecular weight is 422 g/mol. The maximum Gasteiger partial charge on any atom is 0.410 e. The average Bonchev–Trinajstić information content (AvgIpc) is 2.54. The Kier molecular flexibility index (Phi) is 8.55. The van der Waals surface area contributed by atoms with Crippen molar-refractivity contribution < 1.29 is 14.0 Å². The van der Waals surface area contributed by atoms with E-state index in [9.17, 15) is 4.79 Å². The lowest BCUT2D eigenvalue weighted by molar-refractivity contribution is 0.00219. The molecule has 1 aromatic rings. The number of carbonyl (C=O) groups is 1. The van der Waals surface area contributed by atoms with Crippen molar-refractivity contribution in [1.82, 2.24) is 4.90 Å². The van der Waals surface area contributed by atoms with Gasteiger partial charge in [-0.2, -0.15) is 0 Å². The number of nitrogens with zero attached hydrogens (tertiary/aromatic N) is 1. The molecule has 0 saturated carbocycles. The fourth-order valence-corrected chi connectivity index (χ4v) is 4.30. The van der Waals surface area contributed by atoms with E-state index in [0.717, 1.165) is 18.4 Å². The van der Waals surface area contributed by atoms with Gasteiger partial charge in [0.15, 0.2) is 8.32 Å². The third-order valence-electron chi connectivity index (χ3n) is 5.71. The second kappa shape index (κ2) is 9.65. The van der Waals surface area contributed by atoms with Crippen LogP contribution in [0, 0.1) is 6.92 Å². The van der Waals surface area contributed by atoms with Gasteiger partial charge in [-0.3, -0.25) is 0 Å². The largest absolute Gasteiger partial charge is 0.444 e. The van der Waals surface area contributed by atoms with Crippen molar-refractivity contribution in [1.29, 1.82) is 0 Å². The van der Waals surface area contributed by atoms with Crippen LogP contribution in [0.2, 0.25) is 18.1 Å². The van der Waals surface area contributed by atoms with E-state index in [1.54, 1.807) is 4.90 Å². The fourth-order valence-electron chi connectivity index (χ4n) is 3.02. The van der Waals surface area contributed by atoms with Gasteiger partial charge in [0.25, 0.3) is 0 Å². The Balaban J connectivity index is 3.39. The summed E-state index contributed by atoms with van der Waals surface area (Å²) in [5.74, 6) is 0. The highest BCUT2D eigenvalue weighted by Crippen LogP contribution is 2.42. The lowest BCUT2D eigenvalue weighted by Crippen LogP contribution is -2.49. The summed E-state index contributed by atoms with van der Waals surface area (Å²) in [4.78, 5) is 14.6. The van der Waals surface area contributed by atoms with Crippen LogP contribution < -0.4 is 0 Å². The quantitative estimate of drug-likeness (QED) is 0.441. The first-order valence-electron chi connectivity index (χ1n) is 10.8. The molecule has 0 bridgehead atoms. The molecule has 2 atom stereocenters. The summed E-state index contributed by atoms with van der Waals surface area (Å²) in [5.41, 5.74) is 1.80. The van der Waals surface area contributed by atoms with Gasteiger partial charge in [-0.05, 0) is 57.8 Å². The molecule has 29 heavy (non-hydrogen) atoms. The Morgan fingerprint density at radius 3 is 2.17 bits per heavy atom. The molecule has 0 aliphatic carbocycles. The Morgan fingerprint density at radius 1 is 1.14 bits per heavy atom. The third-order valence-corrected chi connectivity index (χ3v) is 10.2. The van der Waals surface area contributed by atoms with Crippen molar-refractivity contribution in [2.75, 3.05) is 7.05 Å². The van der Waals surface area contributed by atoms with E-state index in [2.05, 4.69) is 72.0 Å². The summed E-state index contributed by atoms with van der Waals surface area (Å²) in [6.07, 6.45) is 1.32. The topological polar surface area (TPSA) is 38.8 Å². The molecule has 0 aliphatic rings. The molecule has 0 aromatic heterocycles. The minimum Gasteiger partial charge on any atom is -0.444 e. The zero-order chi connectivity index (χ0) is 22.6. The van der Waals surface area contributed by atoms with Crippen molar-refractivity contribution in [2.45, 2.75) is 104 Å². The van der Waals surface area contributed by atoms with E-state index in [-0.39, 0.29) is 23.3 Å². The van der Waals surface area contributed by atoms with Crippen LogP contribution in [0.3, 0.4) is 0 Å². The van der Waals surface area contributed by atoms with Crippen LogP contribution >= 0.6 is 0 Å². The van der Waals surface area contributed by atoms with Gasteiger partial charge >= 0.3 is 6.09 Å². The van der Waals surface area contributed by atoms with Gasteiger partial charge in [0, 0.05) is 7.05 Å². The Hall–Kier alpha value is -1.33. The van der Waals surface area contributed by atoms with Crippen molar-refractivity contribution in [3.05, 3.63) is 35.4 Å². The highest BCUT2D eigenvalue weighted by Gasteiger charge is 2.42. The first-order valence-corrected chi connectivity index (χ1v) is 13.7. The molecule has 1 aromatic carbocycles. The zero-order valence-corrected chi connectivity index (χ0v) is 21.6. The Bertz CT molecular complexity index is 673. The summed E-state index contributed by atoms with van der Waals surface area (Å²) in [6.45, 7) is 21.2. The van der Waals surface area contributed by atoms with Crippen molar-refractivity contribution >= 4 is 14.4 Å². The zero-order valence-electron chi connectivity index (χ0n) is 20.6. The molecule has 1 rings (SSSR count). The predicted molar refractivity (Wildman–Crippen MR) is 125 cm³/mol. The summed E-state index contributed by atoms with van der Waals surface area (Å²) < 4.78 is 12.6. The highest BCUT2D eigenvalue weighted by molar-refractivity contribution is 6.74. The van der Waals surface area contributed by atoms with E-state index in [1.165, 1.54) is 5.56 Å². The monoisotopic (exact) mass is 421 g/mol. The van der Waals surface area contributed by atoms with Crippen molar-refractivity contribution in [3.63, 3.8) is 0 Å². The summed E-state index contributed by atoms with van der Waals surface area (Å²) >= 11 is 0. The number of hydrogen-bond donors (Lipinski definition) is 0. The number of hydrogen-bond acceptors (Lipinski definition) is 3. The molecule has 0 heterocycles. The van der Waals surface area contributed by atoms with E-state index in [1.807, 2.05) is 27.8 Å². The third kappa shape index (κ3) is 7.45. The van der Waals surface area contributed by atoms with Crippen molar-refractivity contribution in [3.8, 4) is 0 Å². The summed E-state index contributed by atoms with van der Waals surface area (Å²) in [5, 5.41) is 0.0797. The molecule has 5 heteroatoms. The predicted octanol–water partition coefficient (Wildman–Crippen LogP) is 7.09. The lowest BCUT2D eigenvalue weighted by atomic mass is 9.96. The molecular formula is C24H43NO3Si. The molecule has 0 fully saturated rings. The number of ether oxygens (including phenoxy) is 1. The fraction of sp³-hybridized carbons (Fsp3) is 0.708. The first kappa shape index (κ1) is 25.7. The van der Waals surface area contributed by atoms with Gasteiger partial charge in [-0.15, -0.1) is 0 Å². The molecule has 166 valence electrons. The van der Waals surface area contributed by atoms with Crippen LogP contribution in [0.15, 0.2) is 24.3 Å². The minimum atomic E-state index is -2.07. The van der Waals surface area contributed by atoms with E-state index >= 15 is 0 Å². The molecule has 0 saturated heterocycles. The van der Waals surface area contributed by atoms with Crippen LogP contribution in [0.4, 0.5) is 4.79 Å². The number of benzene rings is 1. The molecule has 1 amide bonds. The minimum absolute atomic E-state index is 0.0797. The van der Waals surface area contributed by atoms with Crippen molar-refractivity contribution in [2.24, 2.45) is 0 Å². The van der Waals surface area contributed by atoms with Crippen LogP contribution in [0.1, 0.15) is 78.5 Å². The highest BCUT2D eigenvalue weighted by atomic mass is 28.4. The second-order valence-corrected chi connectivity index (χ2v) is 15.4. The normalized spacial score (nSPS) is 15.0. The maximum absolute atomic E-state index is 12.9. The number of carbonyl (C=O) groups excluding carboxylic acids is 1. The van der Waals surface area contributed by atoms with Gasteiger partial charge in [-0.25, -0.2) is 4.79 Å². The van der Waals surface area contributed by atoms with Gasteiger partial charge in [0.2, 0.25) is 0 Å². The molecule has 0 radical (unpaired) electrons.